The lowest BCUT2D eigenvalue weighted by molar-refractivity contribution is -0.139. The van der Waals surface area contributed by atoms with Crippen LogP contribution in [-0.4, -0.2) is 34.2 Å². The van der Waals surface area contributed by atoms with Crippen LogP contribution in [0, 0.1) is 11.8 Å². The molecular formula is C19H36N2O4. The van der Waals surface area contributed by atoms with E-state index in [1.54, 1.807) is 0 Å². The van der Waals surface area contributed by atoms with Crippen molar-refractivity contribution < 1.29 is 19.8 Å². The Morgan fingerprint density at radius 3 is 1.96 bits per heavy atom. The summed E-state index contributed by atoms with van der Waals surface area (Å²) in [5, 5.41) is 16.4. The van der Waals surface area contributed by atoms with Crippen LogP contribution in [0.4, 0.5) is 0 Å². The SMILES string of the molecule is NC(CCC(=O)O)CC(=O)O.NC1CCC(CC2CCCCC2)CC1. The van der Waals surface area contributed by atoms with Crippen molar-refractivity contribution in [2.24, 2.45) is 23.3 Å². The largest absolute Gasteiger partial charge is 0.481 e. The van der Waals surface area contributed by atoms with Crippen molar-refractivity contribution in [3.8, 4) is 0 Å². The molecule has 0 aromatic heterocycles. The first-order valence-corrected chi connectivity index (χ1v) is 9.81. The lowest BCUT2D eigenvalue weighted by atomic mass is 9.77. The van der Waals surface area contributed by atoms with Gasteiger partial charge in [-0.3, -0.25) is 9.59 Å². The quantitative estimate of drug-likeness (QED) is 0.555. The van der Waals surface area contributed by atoms with Crippen LogP contribution in [0.2, 0.25) is 0 Å². The summed E-state index contributed by atoms with van der Waals surface area (Å²) < 4.78 is 0. The highest BCUT2D eigenvalue weighted by Crippen LogP contribution is 2.34. The number of nitrogens with two attached hydrogens (primary N) is 2. The maximum atomic E-state index is 10.0. The standard InChI is InChI=1S/C13H25N.C6H11NO4/c14-13-8-6-12(7-9-13)10-11-4-2-1-3-5-11;7-4(3-6(10)11)1-2-5(8)9/h11-13H,1-10,14H2;4H,1-3,7H2,(H,8,9)(H,10,11). The van der Waals surface area contributed by atoms with E-state index in [9.17, 15) is 9.59 Å². The van der Waals surface area contributed by atoms with Crippen LogP contribution in [0.15, 0.2) is 0 Å². The summed E-state index contributed by atoms with van der Waals surface area (Å²) in [7, 11) is 0. The highest BCUT2D eigenvalue weighted by Gasteiger charge is 2.22. The second kappa shape index (κ2) is 12.3. The molecule has 0 spiro atoms. The predicted molar refractivity (Wildman–Crippen MR) is 98.2 cm³/mol. The molecule has 2 aliphatic rings. The molecule has 0 amide bonds. The van der Waals surface area contributed by atoms with Gasteiger partial charge in [-0.05, 0) is 50.4 Å². The lowest BCUT2D eigenvalue weighted by Gasteiger charge is -2.30. The van der Waals surface area contributed by atoms with Crippen molar-refractivity contribution >= 4 is 11.9 Å². The molecule has 6 nitrogen and oxygen atoms in total. The lowest BCUT2D eigenvalue weighted by Crippen LogP contribution is -2.27. The molecule has 146 valence electrons. The molecule has 2 saturated carbocycles. The molecule has 0 bridgehead atoms. The number of aliphatic carboxylic acids is 2. The molecule has 6 heteroatoms. The number of hydrogen-bond acceptors (Lipinski definition) is 4. The van der Waals surface area contributed by atoms with Gasteiger partial charge in [-0.2, -0.15) is 0 Å². The van der Waals surface area contributed by atoms with Crippen molar-refractivity contribution in [3.63, 3.8) is 0 Å². The van der Waals surface area contributed by atoms with Gasteiger partial charge in [0.15, 0.2) is 0 Å². The highest BCUT2D eigenvalue weighted by molar-refractivity contribution is 5.68. The third kappa shape index (κ3) is 11.2. The smallest absolute Gasteiger partial charge is 0.304 e. The molecule has 0 radical (unpaired) electrons. The fourth-order valence-corrected chi connectivity index (χ4v) is 3.95. The van der Waals surface area contributed by atoms with E-state index in [0.717, 1.165) is 11.8 Å². The van der Waals surface area contributed by atoms with E-state index >= 15 is 0 Å². The number of carboxylic acids is 2. The minimum absolute atomic E-state index is 0.0750. The fourth-order valence-electron chi connectivity index (χ4n) is 3.95. The Bertz CT molecular complexity index is 389. The first kappa shape index (κ1) is 21.9. The molecular weight excluding hydrogens is 320 g/mol. The molecule has 6 N–H and O–H groups in total. The highest BCUT2D eigenvalue weighted by atomic mass is 16.4. The second-order valence-corrected chi connectivity index (χ2v) is 7.81. The van der Waals surface area contributed by atoms with Crippen LogP contribution < -0.4 is 11.5 Å². The molecule has 0 aromatic carbocycles. The normalized spacial score (nSPS) is 25.5. The van der Waals surface area contributed by atoms with Gasteiger partial charge in [0, 0.05) is 18.5 Å². The Hall–Kier alpha value is -1.14. The van der Waals surface area contributed by atoms with Gasteiger partial charge in [-0.25, -0.2) is 0 Å². The molecule has 2 aliphatic carbocycles. The van der Waals surface area contributed by atoms with E-state index in [0.29, 0.717) is 6.04 Å². The maximum Gasteiger partial charge on any atom is 0.304 e. The van der Waals surface area contributed by atoms with Crippen LogP contribution in [0.25, 0.3) is 0 Å². The molecule has 0 saturated heterocycles. The van der Waals surface area contributed by atoms with Gasteiger partial charge in [0.25, 0.3) is 0 Å². The van der Waals surface area contributed by atoms with Crippen LogP contribution in [-0.2, 0) is 9.59 Å². The Morgan fingerprint density at radius 1 is 0.880 bits per heavy atom. The zero-order valence-electron chi connectivity index (χ0n) is 15.4. The van der Waals surface area contributed by atoms with Crippen LogP contribution in [0.5, 0.6) is 0 Å². The average molecular weight is 357 g/mol. The van der Waals surface area contributed by atoms with E-state index in [-0.39, 0.29) is 19.3 Å². The zero-order chi connectivity index (χ0) is 18.7. The average Bonchev–Trinajstić information content (AvgIpc) is 2.56. The number of hydrogen-bond donors (Lipinski definition) is 4. The predicted octanol–water partition coefficient (Wildman–Crippen LogP) is 3.13. The first-order valence-electron chi connectivity index (χ1n) is 9.81. The Labute approximate surface area is 151 Å². The minimum atomic E-state index is -0.997. The summed E-state index contributed by atoms with van der Waals surface area (Å²) in [5.74, 6) is 0.148. The molecule has 2 rings (SSSR count). The second-order valence-electron chi connectivity index (χ2n) is 7.81. The van der Waals surface area contributed by atoms with Crippen molar-refractivity contribution in [1.29, 1.82) is 0 Å². The van der Waals surface area contributed by atoms with Gasteiger partial charge in [0.1, 0.15) is 0 Å². The maximum absolute atomic E-state index is 10.0. The van der Waals surface area contributed by atoms with Gasteiger partial charge in [0.2, 0.25) is 0 Å². The number of rotatable bonds is 7. The molecule has 0 aliphatic heterocycles. The van der Waals surface area contributed by atoms with E-state index in [1.807, 2.05) is 0 Å². The Kier molecular flexibility index (Phi) is 10.7. The molecule has 2 fully saturated rings. The van der Waals surface area contributed by atoms with Gasteiger partial charge < -0.3 is 21.7 Å². The van der Waals surface area contributed by atoms with E-state index < -0.39 is 18.0 Å². The minimum Gasteiger partial charge on any atom is -0.481 e. The Morgan fingerprint density at radius 2 is 1.44 bits per heavy atom. The van der Waals surface area contributed by atoms with Crippen molar-refractivity contribution in [2.75, 3.05) is 0 Å². The Balaban J connectivity index is 0.000000260. The van der Waals surface area contributed by atoms with Crippen molar-refractivity contribution in [3.05, 3.63) is 0 Å². The van der Waals surface area contributed by atoms with Gasteiger partial charge in [-0.15, -0.1) is 0 Å². The summed E-state index contributed by atoms with van der Waals surface area (Å²) in [6, 6.07) is -0.0267. The zero-order valence-corrected chi connectivity index (χ0v) is 15.4. The number of carbonyl (C=O) groups is 2. The third-order valence-electron chi connectivity index (χ3n) is 5.45. The van der Waals surface area contributed by atoms with E-state index in [1.165, 1.54) is 64.2 Å². The monoisotopic (exact) mass is 356 g/mol. The summed E-state index contributed by atoms with van der Waals surface area (Å²) >= 11 is 0. The summed E-state index contributed by atoms with van der Waals surface area (Å²) in [4.78, 5) is 20.0. The van der Waals surface area contributed by atoms with Gasteiger partial charge >= 0.3 is 11.9 Å². The molecule has 25 heavy (non-hydrogen) atoms. The van der Waals surface area contributed by atoms with Crippen LogP contribution in [0.1, 0.15) is 83.5 Å². The third-order valence-corrected chi connectivity index (χ3v) is 5.45. The van der Waals surface area contributed by atoms with Crippen LogP contribution >= 0.6 is 0 Å². The summed E-state index contributed by atoms with van der Waals surface area (Å²) in [6.45, 7) is 0. The molecule has 1 atom stereocenters. The number of carboxylic acid groups (broad SMARTS) is 2. The van der Waals surface area contributed by atoms with Crippen molar-refractivity contribution in [1.82, 2.24) is 0 Å². The van der Waals surface area contributed by atoms with Crippen LogP contribution in [0.3, 0.4) is 0 Å². The van der Waals surface area contributed by atoms with E-state index in [2.05, 4.69) is 0 Å². The topological polar surface area (TPSA) is 127 Å². The summed E-state index contributed by atoms with van der Waals surface area (Å²) in [6.07, 6.45) is 14.4. The van der Waals surface area contributed by atoms with Crippen molar-refractivity contribution in [2.45, 2.75) is 95.6 Å². The van der Waals surface area contributed by atoms with Gasteiger partial charge in [0.05, 0.1) is 6.42 Å². The molecule has 0 heterocycles. The van der Waals surface area contributed by atoms with Gasteiger partial charge in [-0.1, -0.05) is 32.1 Å². The molecule has 0 aromatic rings. The summed E-state index contributed by atoms with van der Waals surface area (Å²) in [5.41, 5.74) is 11.2. The first-order chi connectivity index (χ1) is 11.9. The van der Waals surface area contributed by atoms with E-state index in [4.69, 9.17) is 21.7 Å². The molecule has 1 unspecified atom stereocenters. The fraction of sp³-hybridized carbons (Fsp3) is 0.895.